The molecular weight excluding hydrogens is 302 g/mol. The molecule has 0 aliphatic carbocycles. The first kappa shape index (κ1) is 13.0. The van der Waals surface area contributed by atoms with Gasteiger partial charge in [-0.3, -0.25) is 14.9 Å². The molecule has 18 heavy (non-hydrogen) atoms. The Morgan fingerprint density at radius 1 is 1.56 bits per heavy atom. The fourth-order valence-corrected chi connectivity index (χ4v) is 2.31. The first-order valence-corrected chi connectivity index (χ1v) is 6.35. The fourth-order valence-electron chi connectivity index (χ4n) is 1.85. The molecule has 0 saturated carbocycles. The zero-order valence-corrected chi connectivity index (χ0v) is 11.1. The third kappa shape index (κ3) is 2.85. The lowest BCUT2D eigenvalue weighted by atomic mass is 10.2. The summed E-state index contributed by atoms with van der Waals surface area (Å²) >= 11 is 3.21. The molecular formula is C11H12BrN3O3. The average molecular weight is 314 g/mol. The van der Waals surface area contributed by atoms with Crippen LogP contribution in [0.1, 0.15) is 12.8 Å². The Hall–Kier alpha value is -1.47. The Labute approximate surface area is 112 Å². The van der Waals surface area contributed by atoms with Crippen LogP contribution in [0.25, 0.3) is 0 Å². The van der Waals surface area contributed by atoms with Gasteiger partial charge in [0.1, 0.15) is 0 Å². The topological polar surface area (TPSA) is 84.3 Å². The predicted octanol–water partition coefficient (Wildman–Crippen LogP) is 2.05. The summed E-state index contributed by atoms with van der Waals surface area (Å²) in [4.78, 5) is 22.0. The highest BCUT2D eigenvalue weighted by Crippen LogP contribution is 2.27. The number of hydrogen-bond donors (Lipinski definition) is 2. The molecule has 2 rings (SSSR count). The molecule has 1 aromatic carbocycles. The Morgan fingerprint density at radius 3 is 2.89 bits per heavy atom. The highest BCUT2D eigenvalue weighted by atomic mass is 79.9. The summed E-state index contributed by atoms with van der Waals surface area (Å²) in [5, 5.41) is 16.4. The van der Waals surface area contributed by atoms with E-state index in [4.69, 9.17) is 0 Å². The quantitative estimate of drug-likeness (QED) is 0.660. The maximum absolute atomic E-state index is 11.9. The lowest BCUT2D eigenvalue weighted by Crippen LogP contribution is -2.35. The third-order valence-corrected chi connectivity index (χ3v) is 3.45. The van der Waals surface area contributed by atoms with Crippen LogP contribution < -0.4 is 10.6 Å². The second-order valence-electron chi connectivity index (χ2n) is 4.06. The van der Waals surface area contributed by atoms with Crippen LogP contribution in [0.4, 0.5) is 11.4 Å². The van der Waals surface area contributed by atoms with Crippen LogP contribution in [0.2, 0.25) is 0 Å². The van der Waals surface area contributed by atoms with Gasteiger partial charge in [0.25, 0.3) is 5.69 Å². The smallest absolute Gasteiger partial charge is 0.270 e. The number of nitrogens with zero attached hydrogens (tertiary/aromatic N) is 1. The van der Waals surface area contributed by atoms with Gasteiger partial charge in [-0.25, -0.2) is 0 Å². The lowest BCUT2D eigenvalue weighted by molar-refractivity contribution is -0.384. The van der Waals surface area contributed by atoms with Crippen molar-refractivity contribution in [2.45, 2.75) is 18.9 Å². The minimum Gasteiger partial charge on any atom is -0.324 e. The van der Waals surface area contributed by atoms with E-state index in [1.165, 1.54) is 18.2 Å². The van der Waals surface area contributed by atoms with Crippen molar-refractivity contribution in [3.63, 3.8) is 0 Å². The monoisotopic (exact) mass is 313 g/mol. The molecule has 0 bridgehead atoms. The minimum atomic E-state index is -0.477. The zero-order chi connectivity index (χ0) is 13.1. The van der Waals surface area contributed by atoms with E-state index < -0.39 is 4.92 Å². The molecule has 1 amide bonds. The summed E-state index contributed by atoms with van der Waals surface area (Å²) in [5.41, 5.74) is 0.526. The highest BCUT2D eigenvalue weighted by Gasteiger charge is 2.22. The summed E-state index contributed by atoms with van der Waals surface area (Å²) in [6.07, 6.45) is 1.80. The van der Waals surface area contributed by atoms with Crippen molar-refractivity contribution in [3.8, 4) is 0 Å². The summed E-state index contributed by atoms with van der Waals surface area (Å²) in [6.45, 7) is 0.847. The van der Waals surface area contributed by atoms with Gasteiger partial charge in [0.2, 0.25) is 5.91 Å². The number of carbonyl (C=O) groups is 1. The van der Waals surface area contributed by atoms with Crippen molar-refractivity contribution >= 4 is 33.2 Å². The maximum Gasteiger partial charge on any atom is 0.270 e. The van der Waals surface area contributed by atoms with Gasteiger partial charge in [-0.1, -0.05) is 0 Å². The predicted molar refractivity (Wildman–Crippen MR) is 70.5 cm³/mol. The van der Waals surface area contributed by atoms with Gasteiger partial charge in [-0.05, 0) is 41.4 Å². The first-order valence-electron chi connectivity index (χ1n) is 5.56. The van der Waals surface area contributed by atoms with Crippen LogP contribution in [-0.4, -0.2) is 23.4 Å². The van der Waals surface area contributed by atoms with E-state index in [9.17, 15) is 14.9 Å². The molecule has 1 fully saturated rings. The number of halogens is 1. The molecule has 1 aliphatic rings. The van der Waals surface area contributed by atoms with E-state index in [0.717, 1.165) is 19.4 Å². The van der Waals surface area contributed by atoms with Gasteiger partial charge >= 0.3 is 0 Å². The van der Waals surface area contributed by atoms with E-state index >= 15 is 0 Å². The number of anilines is 1. The molecule has 0 aromatic heterocycles. The van der Waals surface area contributed by atoms with Crippen molar-refractivity contribution < 1.29 is 9.72 Å². The van der Waals surface area contributed by atoms with Gasteiger partial charge in [-0.15, -0.1) is 0 Å². The summed E-state index contributed by atoms with van der Waals surface area (Å²) in [7, 11) is 0. The van der Waals surface area contributed by atoms with E-state index in [-0.39, 0.29) is 17.6 Å². The molecule has 1 heterocycles. The van der Waals surface area contributed by atoms with E-state index in [0.29, 0.717) is 10.2 Å². The van der Waals surface area contributed by atoms with Crippen LogP contribution in [-0.2, 0) is 4.79 Å². The fraction of sp³-hybridized carbons (Fsp3) is 0.364. The highest BCUT2D eigenvalue weighted by molar-refractivity contribution is 9.10. The number of carbonyl (C=O) groups excluding carboxylic acids is 1. The Morgan fingerprint density at radius 2 is 2.33 bits per heavy atom. The normalized spacial score (nSPS) is 18.6. The van der Waals surface area contributed by atoms with Gasteiger partial charge in [0, 0.05) is 16.6 Å². The van der Waals surface area contributed by atoms with Crippen molar-refractivity contribution in [2.75, 3.05) is 11.9 Å². The Bertz CT molecular complexity index is 486. The Kier molecular flexibility index (Phi) is 3.93. The number of non-ortho nitro benzene ring substituents is 1. The van der Waals surface area contributed by atoms with Crippen molar-refractivity contribution in [1.82, 2.24) is 5.32 Å². The number of nitro benzene ring substituents is 1. The average Bonchev–Trinajstić information content (AvgIpc) is 2.85. The molecule has 1 aliphatic heterocycles. The molecule has 2 N–H and O–H groups in total. The number of nitrogens with one attached hydrogen (secondary N) is 2. The van der Waals surface area contributed by atoms with Crippen LogP contribution in [0, 0.1) is 10.1 Å². The first-order chi connectivity index (χ1) is 8.58. The van der Waals surface area contributed by atoms with Gasteiger partial charge < -0.3 is 10.6 Å². The molecule has 6 nitrogen and oxygen atoms in total. The van der Waals surface area contributed by atoms with Gasteiger partial charge in [0.15, 0.2) is 0 Å². The van der Waals surface area contributed by atoms with E-state index in [2.05, 4.69) is 26.6 Å². The number of benzene rings is 1. The molecule has 1 atom stereocenters. The van der Waals surface area contributed by atoms with Crippen molar-refractivity contribution in [1.29, 1.82) is 0 Å². The largest absolute Gasteiger partial charge is 0.324 e. The molecule has 0 radical (unpaired) electrons. The number of nitro groups is 1. The second-order valence-corrected chi connectivity index (χ2v) is 4.91. The van der Waals surface area contributed by atoms with Crippen molar-refractivity contribution in [3.05, 3.63) is 32.8 Å². The van der Waals surface area contributed by atoms with Crippen LogP contribution in [0.15, 0.2) is 22.7 Å². The molecule has 0 spiro atoms. The number of amides is 1. The number of hydrogen-bond acceptors (Lipinski definition) is 4. The molecule has 0 unspecified atom stereocenters. The van der Waals surface area contributed by atoms with Gasteiger partial charge in [0.05, 0.1) is 16.7 Å². The van der Waals surface area contributed by atoms with E-state index in [1.54, 1.807) is 0 Å². The van der Waals surface area contributed by atoms with E-state index in [1.807, 2.05) is 0 Å². The maximum atomic E-state index is 11.9. The summed E-state index contributed by atoms with van der Waals surface area (Å²) in [6, 6.07) is 4.09. The zero-order valence-electron chi connectivity index (χ0n) is 9.48. The summed E-state index contributed by atoms with van der Waals surface area (Å²) in [5.74, 6) is -0.109. The standard InChI is InChI=1S/C11H12BrN3O3/c12-8-6-7(15(17)18)3-4-9(8)14-11(16)10-2-1-5-13-10/h3-4,6,10,13H,1-2,5H2,(H,14,16)/t10-/m0/s1. The molecule has 1 aromatic rings. The second kappa shape index (κ2) is 5.45. The Balaban J connectivity index is 2.09. The van der Waals surface area contributed by atoms with Crippen molar-refractivity contribution in [2.24, 2.45) is 0 Å². The molecule has 7 heteroatoms. The van der Waals surface area contributed by atoms with Crippen LogP contribution in [0.3, 0.4) is 0 Å². The molecule has 1 saturated heterocycles. The van der Waals surface area contributed by atoms with Crippen LogP contribution >= 0.6 is 15.9 Å². The minimum absolute atomic E-state index is 0.0149. The number of rotatable bonds is 3. The summed E-state index contributed by atoms with van der Waals surface area (Å²) < 4.78 is 0.503. The lowest BCUT2D eigenvalue weighted by Gasteiger charge is -2.12. The third-order valence-electron chi connectivity index (χ3n) is 2.80. The van der Waals surface area contributed by atoms with Crippen LogP contribution in [0.5, 0.6) is 0 Å². The van der Waals surface area contributed by atoms with Gasteiger partial charge in [-0.2, -0.15) is 0 Å². The molecule has 96 valence electrons. The SMILES string of the molecule is O=C(Nc1ccc([N+](=O)[O-])cc1Br)[C@@H]1CCCN1.